The summed E-state index contributed by atoms with van der Waals surface area (Å²) in [5.74, 6) is -6.85. The number of carboxylic acids is 1. The number of methoxy groups -OCH3 is 1. The van der Waals surface area contributed by atoms with E-state index < -0.39 is 76.5 Å². The molecule has 113 heavy (non-hydrogen) atoms. The van der Waals surface area contributed by atoms with Gasteiger partial charge < -0.3 is 88.5 Å². The van der Waals surface area contributed by atoms with E-state index in [9.17, 15) is 63.0 Å². The predicted molar refractivity (Wildman–Crippen MR) is 425 cm³/mol. The van der Waals surface area contributed by atoms with Crippen molar-refractivity contribution in [3.8, 4) is 5.75 Å². The highest BCUT2D eigenvalue weighted by Crippen LogP contribution is 2.34. The van der Waals surface area contributed by atoms with E-state index in [1.54, 1.807) is 31.4 Å². The highest BCUT2D eigenvalue weighted by Gasteiger charge is 2.40. The summed E-state index contributed by atoms with van der Waals surface area (Å²) in [7, 11) is 6.96. The van der Waals surface area contributed by atoms with E-state index in [1.165, 1.54) is 43.1 Å². The van der Waals surface area contributed by atoms with Crippen LogP contribution in [0.2, 0.25) is 0 Å². The zero-order valence-electron chi connectivity index (χ0n) is 68.9. The average molecular weight is 1640 g/mol. The van der Waals surface area contributed by atoms with Gasteiger partial charge in [-0.15, -0.1) is 11.3 Å². The summed E-state index contributed by atoms with van der Waals surface area (Å²) >= 11 is 2.37. The summed E-state index contributed by atoms with van der Waals surface area (Å²) in [5.41, 5.74) is -0.265. The molecule has 1 unspecified atom stereocenters. The van der Waals surface area contributed by atoms with Crippen LogP contribution in [0.3, 0.4) is 0 Å². The molecular weight excluding hydrogens is 1510 g/mol. The molecule has 0 bridgehead atoms. The van der Waals surface area contributed by atoms with Gasteiger partial charge in [0, 0.05) is 96.1 Å². The first-order valence-electron chi connectivity index (χ1n) is 39.4. The number of rotatable bonds is 67. The molecule has 1 aromatic heterocycles. The van der Waals surface area contributed by atoms with Gasteiger partial charge in [0.1, 0.15) is 23.1 Å². The first-order chi connectivity index (χ1) is 53.9. The number of likely N-dealkylation sites (tertiary alicyclic amines) is 1. The molecule has 32 nitrogen and oxygen atoms in total. The van der Waals surface area contributed by atoms with Crippen molar-refractivity contribution in [3.63, 3.8) is 0 Å². The smallest absolute Gasteiger partial charge is 0.306 e. The lowest BCUT2D eigenvalue weighted by atomic mass is 9.81. The normalized spacial score (nSPS) is 15.0. The van der Waals surface area contributed by atoms with Crippen LogP contribution in [-0.4, -0.2) is 297 Å². The molecule has 1 aliphatic heterocycles. The molecule has 2 heterocycles. The first kappa shape index (κ1) is 101. The van der Waals surface area contributed by atoms with Crippen molar-refractivity contribution in [1.29, 1.82) is 0 Å². The number of nitrogens with one attached hydrogen (secondary N) is 4. The second-order valence-corrected chi connectivity index (χ2v) is 30.9. The first-order valence-corrected chi connectivity index (χ1v) is 41.5. The minimum Gasteiger partial charge on any atom is -0.506 e. The number of esters is 1. The number of carboxylic acid groups (broad SMARTS) is 1. The van der Waals surface area contributed by atoms with Crippen LogP contribution in [0.1, 0.15) is 172 Å². The fraction of sp³-hybridized carbons (Fsp3) is 0.747. The number of aromatic nitrogens is 1. The van der Waals surface area contributed by atoms with Gasteiger partial charge in [-0.05, 0) is 115 Å². The third-order valence-corrected chi connectivity index (χ3v) is 21.3. The molecule has 0 spiro atoms. The van der Waals surface area contributed by atoms with Gasteiger partial charge in [0.25, 0.3) is 5.91 Å². The molecule has 6 N–H and O–H groups in total. The second-order valence-electron chi connectivity index (χ2n) is 29.0. The second kappa shape index (κ2) is 57.4. The van der Waals surface area contributed by atoms with Gasteiger partial charge in [-0.3, -0.25) is 62.5 Å². The molecule has 0 radical (unpaired) electrons. The van der Waals surface area contributed by atoms with Crippen molar-refractivity contribution in [2.24, 2.45) is 23.7 Å². The van der Waals surface area contributed by atoms with Crippen molar-refractivity contribution in [2.45, 2.75) is 187 Å². The maximum absolute atomic E-state index is 14.5. The van der Waals surface area contributed by atoms with E-state index in [-0.39, 0.29) is 179 Å². The number of nitrogens with zero attached hydrogens (tertiary/aromatic N) is 4. The Hall–Kier alpha value is -6.67. The number of anilines is 1. The fourth-order valence-corrected chi connectivity index (χ4v) is 13.4. The highest BCUT2D eigenvalue weighted by molar-refractivity contribution is 8.00. The van der Waals surface area contributed by atoms with Crippen LogP contribution in [0.25, 0.3) is 0 Å². The lowest BCUT2D eigenvalue weighted by molar-refractivity contribution is -0.150. The quantitative estimate of drug-likeness (QED) is 0.0175. The van der Waals surface area contributed by atoms with Crippen LogP contribution in [0.4, 0.5) is 5.69 Å². The number of carbonyl (C=O) groups is 11. The number of thiazole rings is 1. The van der Waals surface area contributed by atoms with Gasteiger partial charge in [0.15, 0.2) is 17.7 Å². The minimum atomic E-state index is -1.11. The molecule has 8 atom stereocenters. The molecule has 1 fully saturated rings. The van der Waals surface area contributed by atoms with Crippen LogP contribution in [0, 0.1) is 23.7 Å². The maximum atomic E-state index is 14.5. The zero-order chi connectivity index (χ0) is 83.7. The number of benzene rings is 1. The molecule has 2 aromatic rings. The number of phenolic OH excluding ortho intramolecular Hbond substituents is 1. The number of hydrogen-bond donors (Lipinski definition) is 6. The highest BCUT2D eigenvalue weighted by atomic mass is 32.2. The Bertz CT molecular complexity index is 3180. The number of ketones is 2. The average Bonchev–Trinajstić information content (AvgIpc) is 1.76. The number of hydrogen-bond acceptors (Lipinski definition) is 27. The summed E-state index contributed by atoms with van der Waals surface area (Å²) in [4.78, 5) is 155. The Morgan fingerprint density at radius 2 is 1.26 bits per heavy atom. The predicted octanol–water partition coefficient (Wildman–Crippen LogP) is 6.65. The lowest BCUT2D eigenvalue weighted by Crippen LogP contribution is -2.50. The van der Waals surface area contributed by atoms with Crippen LogP contribution in [0.5, 0.6) is 5.75 Å². The van der Waals surface area contributed by atoms with E-state index in [1.807, 2.05) is 60.5 Å². The number of aromatic hydroxyl groups is 1. The molecular formula is C79H130N8O24S2. The lowest BCUT2D eigenvalue weighted by Gasteiger charge is -2.38. The van der Waals surface area contributed by atoms with Crippen molar-refractivity contribution >= 4 is 93.6 Å². The molecule has 0 saturated carbocycles. The summed E-state index contributed by atoms with van der Waals surface area (Å²) in [6, 6.07) is 2.25. The zero-order valence-corrected chi connectivity index (χ0v) is 70.6. The number of ether oxygens (including phenoxy) is 11. The molecule has 1 aromatic carbocycles. The third-order valence-electron chi connectivity index (χ3n) is 19.4. The Morgan fingerprint density at radius 3 is 1.77 bits per heavy atom. The topological polar surface area (TPSA) is 400 Å². The molecule has 0 aliphatic carbocycles. The van der Waals surface area contributed by atoms with Crippen molar-refractivity contribution in [2.75, 3.05) is 178 Å². The number of thioether (sulfide) groups is 1. The largest absolute Gasteiger partial charge is 0.506 e. The Kier molecular flexibility index (Phi) is 51.1. The maximum Gasteiger partial charge on any atom is 0.306 e. The fourth-order valence-electron chi connectivity index (χ4n) is 11.9. The van der Waals surface area contributed by atoms with Crippen LogP contribution < -0.4 is 21.3 Å². The van der Waals surface area contributed by atoms with Gasteiger partial charge in [-0.2, -0.15) is 11.8 Å². The third kappa shape index (κ3) is 40.7. The summed E-state index contributed by atoms with van der Waals surface area (Å²) in [5, 5.41) is 33.5. The van der Waals surface area contributed by atoms with Gasteiger partial charge in [-0.1, -0.05) is 47.1 Å². The number of amides is 7. The summed E-state index contributed by atoms with van der Waals surface area (Å²) in [6.45, 7) is 21.9. The number of carbonyl (C=O) groups excluding carboxylic acids is 10. The number of Topliss-reactive ketones (excluding diaryl/α,β-unsaturated/α-hetero) is 2. The SMILES string of the molecule is CC[C@H](C)[C@H](CC(=O)C(C)(C)N(C)C)C(=O)N(C)[C@H](C[C@@H](OC(C)=O)c1nc(C(=O)N[C@@H](Cc2ccc(O)c(NC(=O)CCCCC(=O)[C@H](CCCCNC(=O)COCCOCCOCCOCCOCCOCCOCCOCCOCCOC)NC(=O)CCCN3C(=O)CC(SC)C3=O)c2)C[C@@H](C)C(=O)O)cs1)C(C)C. The van der Waals surface area contributed by atoms with Gasteiger partial charge in [0.05, 0.1) is 147 Å². The van der Waals surface area contributed by atoms with Gasteiger partial charge in [0.2, 0.25) is 35.4 Å². The van der Waals surface area contributed by atoms with Crippen LogP contribution in [-0.2, 0) is 106 Å². The van der Waals surface area contributed by atoms with Gasteiger partial charge >= 0.3 is 11.9 Å². The van der Waals surface area contributed by atoms with Crippen molar-refractivity contribution in [1.82, 2.24) is 35.6 Å². The van der Waals surface area contributed by atoms with E-state index in [0.29, 0.717) is 131 Å². The van der Waals surface area contributed by atoms with Crippen LogP contribution >= 0.6 is 23.1 Å². The number of unbranched alkanes of at least 4 members (excludes halogenated alkanes) is 2. The number of phenols is 1. The van der Waals surface area contributed by atoms with E-state index in [2.05, 4.69) is 26.3 Å². The van der Waals surface area contributed by atoms with E-state index >= 15 is 0 Å². The van der Waals surface area contributed by atoms with Crippen molar-refractivity contribution < 1.29 is 115 Å². The molecule has 1 aliphatic rings. The molecule has 34 heteroatoms. The minimum absolute atomic E-state index is 0.000878. The summed E-state index contributed by atoms with van der Waals surface area (Å²) < 4.78 is 60.0. The standard InChI is InChI=1S/C79H130N8O24S2/c1-14-55(4)60(49-69(91)79(7,8)85(9)10)76(97)86(11)64(54(2)3)50-67(111-57(6)88)75-84-63(53-113-75)74(96)81-59(46-56(5)78(99)100)47-58-24-25-66(90)62(48-58)83-70(92)22-16-15-21-65(89)61(82-71(93)23-19-27-87-73(95)51-68(112-13)77(87)98)20-17-18-26-80-72(94)52-110-45-44-109-43-42-108-41-40-107-39-38-106-37-36-105-35-34-104-33-32-103-31-30-102-29-28-101-12/h24-25,48,53-56,59-61,64,67-68,90H,14-23,26-47,49-52H2,1-13H3,(H,80,94)(H,81,96)(H,82,93)(H,83,92)(H,99,100)/t55-,56+,59+,60-,61-,64+,67+,68?/m0/s1. The Balaban J connectivity index is 1.49. The molecule has 3 rings (SSSR count). The monoisotopic (exact) mass is 1640 g/mol. The van der Waals surface area contributed by atoms with Crippen molar-refractivity contribution in [3.05, 3.63) is 39.8 Å². The molecule has 642 valence electrons. The van der Waals surface area contributed by atoms with E-state index in [0.717, 1.165) is 16.2 Å². The molecule has 7 amide bonds. The number of imide groups is 1. The summed E-state index contributed by atoms with van der Waals surface area (Å²) in [6.07, 6.45) is 3.46. The molecule has 1 saturated heterocycles. The number of aliphatic carboxylic acids is 1. The van der Waals surface area contributed by atoms with Gasteiger partial charge in [-0.25, -0.2) is 4.98 Å². The van der Waals surface area contributed by atoms with Crippen LogP contribution in [0.15, 0.2) is 23.6 Å². The Morgan fingerprint density at radius 1 is 0.708 bits per heavy atom. The Labute approximate surface area is 675 Å². The van der Waals surface area contributed by atoms with E-state index in [4.69, 9.17) is 52.1 Å². The number of likely N-dealkylation sites (N-methyl/N-ethyl adjacent to an activating group) is 1.